The minimum atomic E-state index is -3.82. The summed E-state index contributed by atoms with van der Waals surface area (Å²) in [5, 5.41) is 0. The van der Waals surface area contributed by atoms with Gasteiger partial charge in [-0.3, -0.25) is 4.79 Å². The zero-order valence-corrected chi connectivity index (χ0v) is 14.7. The van der Waals surface area contributed by atoms with Crippen LogP contribution in [0, 0.1) is 5.82 Å². The molecule has 0 atom stereocenters. The normalized spacial score (nSPS) is 11.5. The number of imidazole rings is 1. The second-order valence-electron chi connectivity index (χ2n) is 5.66. The van der Waals surface area contributed by atoms with E-state index in [-0.39, 0.29) is 17.2 Å². The van der Waals surface area contributed by atoms with Crippen molar-refractivity contribution in [1.29, 1.82) is 0 Å². The van der Waals surface area contributed by atoms with Gasteiger partial charge in [0.1, 0.15) is 5.82 Å². The summed E-state index contributed by atoms with van der Waals surface area (Å²) in [5.74, 6) is -0.711. The van der Waals surface area contributed by atoms with E-state index in [4.69, 9.17) is 0 Å². The SMILES string of the molecule is CC(=O)c1cccc(S(=O)(=O)NCc2ccc(-n3ccnc3)c(F)c2)c1. The third kappa shape index (κ3) is 3.87. The van der Waals surface area contributed by atoms with Crippen LogP contribution in [0.1, 0.15) is 22.8 Å². The third-order valence-corrected chi connectivity index (χ3v) is 5.21. The average molecular weight is 373 g/mol. The van der Waals surface area contributed by atoms with Crippen LogP contribution in [-0.2, 0) is 16.6 Å². The molecule has 2 aromatic carbocycles. The van der Waals surface area contributed by atoms with Gasteiger partial charge < -0.3 is 4.57 Å². The first-order chi connectivity index (χ1) is 12.4. The maximum absolute atomic E-state index is 14.2. The highest BCUT2D eigenvalue weighted by molar-refractivity contribution is 7.89. The number of benzene rings is 2. The molecule has 0 fully saturated rings. The van der Waals surface area contributed by atoms with Gasteiger partial charge in [0.25, 0.3) is 0 Å². The van der Waals surface area contributed by atoms with Gasteiger partial charge in [0, 0.05) is 24.5 Å². The number of carbonyl (C=O) groups is 1. The Labute approximate surface area is 150 Å². The Kier molecular flexibility index (Phi) is 4.97. The molecule has 3 rings (SSSR count). The zero-order valence-electron chi connectivity index (χ0n) is 13.9. The fourth-order valence-electron chi connectivity index (χ4n) is 2.42. The number of rotatable bonds is 6. The van der Waals surface area contributed by atoms with Gasteiger partial charge >= 0.3 is 0 Å². The molecule has 1 N–H and O–H groups in total. The lowest BCUT2D eigenvalue weighted by Crippen LogP contribution is -2.23. The predicted molar refractivity (Wildman–Crippen MR) is 94.0 cm³/mol. The van der Waals surface area contributed by atoms with Crippen molar-refractivity contribution < 1.29 is 17.6 Å². The third-order valence-electron chi connectivity index (χ3n) is 3.81. The van der Waals surface area contributed by atoms with Crippen molar-refractivity contribution in [2.75, 3.05) is 0 Å². The summed E-state index contributed by atoms with van der Waals surface area (Å²) in [5.41, 5.74) is 1.10. The second kappa shape index (κ2) is 7.19. The summed E-state index contributed by atoms with van der Waals surface area (Å²) < 4.78 is 43.0. The summed E-state index contributed by atoms with van der Waals surface area (Å²) in [6.07, 6.45) is 4.63. The summed E-state index contributed by atoms with van der Waals surface area (Å²) in [4.78, 5) is 15.3. The molecule has 1 aromatic heterocycles. The number of halogens is 1. The van der Waals surface area contributed by atoms with Crippen molar-refractivity contribution in [2.45, 2.75) is 18.4 Å². The van der Waals surface area contributed by atoms with E-state index in [2.05, 4.69) is 9.71 Å². The molecular formula is C18H16FN3O3S. The molecule has 3 aromatic rings. The van der Waals surface area contributed by atoms with Crippen molar-refractivity contribution in [3.05, 3.63) is 78.1 Å². The fourth-order valence-corrected chi connectivity index (χ4v) is 3.48. The summed E-state index contributed by atoms with van der Waals surface area (Å²) in [7, 11) is -3.82. The molecule has 0 spiro atoms. The highest BCUT2D eigenvalue weighted by atomic mass is 32.2. The molecule has 0 aliphatic carbocycles. The van der Waals surface area contributed by atoms with E-state index in [9.17, 15) is 17.6 Å². The smallest absolute Gasteiger partial charge is 0.240 e. The van der Waals surface area contributed by atoms with Gasteiger partial charge in [0.15, 0.2) is 5.78 Å². The number of hydrogen-bond acceptors (Lipinski definition) is 4. The van der Waals surface area contributed by atoms with Crippen molar-refractivity contribution in [3.8, 4) is 5.69 Å². The molecule has 26 heavy (non-hydrogen) atoms. The number of nitrogens with zero attached hydrogens (tertiary/aromatic N) is 2. The molecule has 0 saturated heterocycles. The van der Waals surface area contributed by atoms with Gasteiger partial charge in [-0.1, -0.05) is 18.2 Å². The van der Waals surface area contributed by atoms with Crippen molar-refractivity contribution in [3.63, 3.8) is 0 Å². The van der Waals surface area contributed by atoms with Gasteiger partial charge in [-0.2, -0.15) is 0 Å². The molecule has 1 heterocycles. The maximum Gasteiger partial charge on any atom is 0.240 e. The molecule has 0 saturated carbocycles. The van der Waals surface area contributed by atoms with Gasteiger partial charge in [0.2, 0.25) is 10.0 Å². The van der Waals surface area contributed by atoms with E-state index in [0.29, 0.717) is 16.8 Å². The minimum absolute atomic E-state index is 0.0132. The zero-order chi connectivity index (χ0) is 18.7. The first kappa shape index (κ1) is 18.0. The Morgan fingerprint density at radius 2 is 2.04 bits per heavy atom. The Hall–Kier alpha value is -2.84. The first-order valence-corrected chi connectivity index (χ1v) is 9.22. The average Bonchev–Trinajstić information content (AvgIpc) is 3.14. The van der Waals surface area contributed by atoms with Crippen LogP contribution in [0.15, 0.2) is 66.1 Å². The number of nitrogens with one attached hydrogen (secondary N) is 1. The van der Waals surface area contributed by atoms with Crippen LogP contribution in [0.5, 0.6) is 0 Å². The second-order valence-corrected chi connectivity index (χ2v) is 7.43. The summed E-state index contributed by atoms with van der Waals surface area (Å²) in [6.45, 7) is 1.29. The van der Waals surface area contributed by atoms with Gasteiger partial charge in [-0.25, -0.2) is 22.5 Å². The lowest BCUT2D eigenvalue weighted by Gasteiger charge is -2.09. The Morgan fingerprint density at radius 3 is 2.69 bits per heavy atom. The van der Waals surface area contributed by atoms with Crippen LogP contribution in [0.3, 0.4) is 0 Å². The number of Topliss-reactive ketones (excluding diaryl/α,β-unsaturated/α-hetero) is 1. The van der Waals surface area contributed by atoms with Crippen LogP contribution in [0.4, 0.5) is 4.39 Å². The monoisotopic (exact) mass is 373 g/mol. The Morgan fingerprint density at radius 1 is 1.23 bits per heavy atom. The summed E-state index contributed by atoms with van der Waals surface area (Å²) >= 11 is 0. The Balaban J connectivity index is 1.77. The van der Waals surface area contributed by atoms with Crippen LogP contribution >= 0.6 is 0 Å². The standard InChI is InChI=1S/C18H16FN3O3S/c1-13(23)15-3-2-4-16(10-15)26(24,25)21-11-14-5-6-18(17(19)9-14)22-8-7-20-12-22/h2-10,12,21H,11H2,1H3. The topological polar surface area (TPSA) is 81.1 Å². The van der Waals surface area contributed by atoms with Crippen molar-refractivity contribution in [2.24, 2.45) is 0 Å². The number of hydrogen-bond donors (Lipinski definition) is 1. The molecule has 0 aliphatic heterocycles. The number of carbonyl (C=O) groups excluding carboxylic acids is 1. The Bertz CT molecular complexity index is 1050. The number of ketones is 1. The van der Waals surface area contributed by atoms with Crippen molar-refractivity contribution >= 4 is 15.8 Å². The van der Waals surface area contributed by atoms with Gasteiger partial charge in [0.05, 0.1) is 16.9 Å². The lowest BCUT2D eigenvalue weighted by molar-refractivity contribution is 0.101. The highest BCUT2D eigenvalue weighted by Crippen LogP contribution is 2.16. The first-order valence-electron chi connectivity index (χ1n) is 7.74. The van der Waals surface area contributed by atoms with E-state index < -0.39 is 15.8 Å². The van der Waals surface area contributed by atoms with E-state index in [1.807, 2.05) is 0 Å². The van der Waals surface area contributed by atoms with Crippen LogP contribution < -0.4 is 4.72 Å². The van der Waals surface area contributed by atoms with E-state index >= 15 is 0 Å². The molecule has 0 aliphatic rings. The largest absolute Gasteiger partial charge is 0.303 e. The number of sulfonamides is 1. The van der Waals surface area contributed by atoms with Gasteiger partial charge in [-0.15, -0.1) is 0 Å². The van der Waals surface area contributed by atoms with E-state index in [0.717, 1.165) is 0 Å². The quantitative estimate of drug-likeness (QED) is 0.674. The highest BCUT2D eigenvalue weighted by Gasteiger charge is 2.15. The van der Waals surface area contributed by atoms with Crippen LogP contribution in [-0.4, -0.2) is 23.8 Å². The molecule has 6 nitrogen and oxygen atoms in total. The van der Waals surface area contributed by atoms with Crippen LogP contribution in [0.25, 0.3) is 5.69 Å². The fraction of sp³-hybridized carbons (Fsp3) is 0.111. The minimum Gasteiger partial charge on any atom is -0.303 e. The molecule has 0 unspecified atom stereocenters. The summed E-state index contributed by atoms with van der Waals surface area (Å²) in [6, 6.07) is 10.2. The van der Waals surface area contributed by atoms with E-state index in [1.54, 1.807) is 24.4 Å². The molecule has 0 amide bonds. The van der Waals surface area contributed by atoms with Crippen LogP contribution in [0.2, 0.25) is 0 Å². The molecule has 0 radical (unpaired) electrons. The number of aromatic nitrogens is 2. The molecule has 134 valence electrons. The van der Waals surface area contributed by atoms with Gasteiger partial charge in [-0.05, 0) is 36.8 Å². The maximum atomic E-state index is 14.2. The predicted octanol–water partition coefficient (Wildman–Crippen LogP) is 2.69. The molecule has 0 bridgehead atoms. The van der Waals surface area contributed by atoms with E-state index in [1.165, 1.54) is 48.3 Å². The lowest BCUT2D eigenvalue weighted by atomic mass is 10.2. The molecular weight excluding hydrogens is 357 g/mol. The van der Waals surface area contributed by atoms with Crippen molar-refractivity contribution in [1.82, 2.24) is 14.3 Å². The molecule has 8 heteroatoms.